The lowest BCUT2D eigenvalue weighted by Crippen LogP contribution is -2.49. The summed E-state index contributed by atoms with van der Waals surface area (Å²) in [6.45, 7) is 2.49. The third-order valence-electron chi connectivity index (χ3n) is 5.13. The first-order chi connectivity index (χ1) is 14.0. The maximum atomic E-state index is 13.2. The monoisotopic (exact) mass is 494 g/mol. The molecule has 0 aromatic heterocycles. The average molecular weight is 494 g/mol. The zero-order valence-corrected chi connectivity index (χ0v) is 17.6. The molecule has 0 spiro atoms. The Morgan fingerprint density at radius 1 is 0.935 bits per heavy atom. The summed E-state index contributed by atoms with van der Waals surface area (Å²) in [6, 6.07) is 1.76. The number of hydrogen-bond acceptors (Lipinski definition) is 6. The summed E-state index contributed by atoms with van der Waals surface area (Å²) >= 11 is 0. The van der Waals surface area contributed by atoms with Gasteiger partial charge in [0.2, 0.25) is 0 Å². The largest absolute Gasteiger partial charge is 0.517 e. The molecule has 0 bridgehead atoms. The Kier molecular flexibility index (Phi) is 5.53. The highest BCUT2D eigenvalue weighted by molar-refractivity contribution is 8.11. The van der Waals surface area contributed by atoms with Gasteiger partial charge in [-0.2, -0.15) is 43.2 Å². The first-order valence-corrected chi connectivity index (χ1v) is 11.7. The molecule has 2 atom stereocenters. The Morgan fingerprint density at radius 2 is 1.48 bits per heavy atom. The Morgan fingerprint density at radius 3 is 2.00 bits per heavy atom. The van der Waals surface area contributed by atoms with Crippen molar-refractivity contribution in [1.29, 1.82) is 0 Å². The highest BCUT2D eigenvalue weighted by Gasteiger charge is 2.62. The predicted molar refractivity (Wildman–Crippen MR) is 97.1 cm³/mol. The number of oxime groups is 1. The van der Waals surface area contributed by atoms with E-state index in [1.165, 1.54) is 6.92 Å². The van der Waals surface area contributed by atoms with Crippen LogP contribution in [0.2, 0.25) is 0 Å². The lowest BCUT2D eigenvalue weighted by molar-refractivity contribution is -0.0462. The molecular formula is C16H16F6N2O5S2. The predicted octanol–water partition coefficient (Wildman–Crippen LogP) is 3.71. The maximum absolute atomic E-state index is 13.2. The van der Waals surface area contributed by atoms with Gasteiger partial charge in [0.05, 0.1) is 11.4 Å². The Balaban J connectivity index is 2.28. The minimum atomic E-state index is -6.97. The van der Waals surface area contributed by atoms with Crippen LogP contribution >= 0.6 is 0 Å². The van der Waals surface area contributed by atoms with Gasteiger partial charge in [0, 0.05) is 11.5 Å². The molecule has 2 aliphatic rings. The number of fused-ring (bicyclic) bond motifs is 1. The van der Waals surface area contributed by atoms with Gasteiger partial charge in [-0.1, -0.05) is 11.2 Å². The van der Waals surface area contributed by atoms with Crippen molar-refractivity contribution in [3.8, 4) is 0 Å². The number of hydrogen-bond donors (Lipinski definition) is 0. The molecule has 1 aliphatic heterocycles. The third-order valence-corrected chi connectivity index (χ3v) is 8.74. The van der Waals surface area contributed by atoms with Gasteiger partial charge in [-0.05, 0) is 50.3 Å². The summed E-state index contributed by atoms with van der Waals surface area (Å²) in [4.78, 5) is 5.25. The van der Waals surface area contributed by atoms with E-state index in [9.17, 15) is 43.2 Å². The minimum absolute atomic E-state index is 0.00903. The van der Waals surface area contributed by atoms with Crippen LogP contribution in [0.4, 0.5) is 32.0 Å². The Hall–Kier alpha value is -2.03. The molecule has 1 aromatic rings. The van der Waals surface area contributed by atoms with E-state index < -0.39 is 46.0 Å². The molecule has 15 heteroatoms. The van der Waals surface area contributed by atoms with Gasteiger partial charge in [-0.25, -0.2) is 0 Å². The van der Waals surface area contributed by atoms with E-state index in [2.05, 4.69) is 5.16 Å². The maximum Gasteiger partial charge on any atom is 0.517 e. The van der Waals surface area contributed by atoms with Crippen LogP contribution in [0.1, 0.15) is 36.0 Å². The standard InChI is InChI=1S/C16H16F6N2O5S2/c1-8-6-9(2)12(7-11(8)14-10-4-3-5-13(10)29-23-14)24(30(25,26)15(17,18)19)31(27,28)16(20,21)22/h6-7,10,13H,3-5H2,1-2H3. The molecule has 1 heterocycles. The Bertz CT molecular complexity index is 1100. The lowest BCUT2D eigenvalue weighted by atomic mass is 9.90. The van der Waals surface area contributed by atoms with E-state index in [0.717, 1.165) is 19.4 Å². The summed E-state index contributed by atoms with van der Waals surface area (Å²) in [5.41, 5.74) is -13.8. The fourth-order valence-electron chi connectivity index (χ4n) is 3.70. The van der Waals surface area contributed by atoms with Gasteiger partial charge < -0.3 is 4.84 Å². The fourth-order valence-corrected chi connectivity index (χ4v) is 6.52. The normalized spacial score (nSPS) is 22.1. The summed E-state index contributed by atoms with van der Waals surface area (Å²) in [5.74, 6) is -0.291. The van der Waals surface area contributed by atoms with Crippen molar-refractivity contribution in [3.63, 3.8) is 0 Å². The number of halogens is 6. The molecule has 2 unspecified atom stereocenters. The zero-order chi connectivity index (χ0) is 23.6. The van der Waals surface area contributed by atoms with E-state index >= 15 is 0 Å². The van der Waals surface area contributed by atoms with E-state index in [0.29, 0.717) is 24.5 Å². The first-order valence-electron chi connectivity index (χ1n) is 8.78. The van der Waals surface area contributed by atoms with E-state index in [1.807, 2.05) is 0 Å². The van der Waals surface area contributed by atoms with Crippen molar-refractivity contribution in [2.75, 3.05) is 3.71 Å². The number of alkyl halides is 6. The second-order valence-corrected chi connectivity index (χ2v) is 11.0. The molecule has 31 heavy (non-hydrogen) atoms. The first kappa shape index (κ1) is 23.6. The second-order valence-electron chi connectivity index (χ2n) is 7.21. The molecule has 7 nitrogen and oxygen atoms in total. The van der Waals surface area contributed by atoms with Gasteiger partial charge in [0.15, 0.2) is 0 Å². The van der Waals surface area contributed by atoms with Crippen LogP contribution < -0.4 is 3.71 Å². The number of benzene rings is 1. The van der Waals surface area contributed by atoms with Gasteiger partial charge >= 0.3 is 31.1 Å². The summed E-state index contributed by atoms with van der Waals surface area (Å²) in [7, 11) is -13.9. The summed E-state index contributed by atoms with van der Waals surface area (Å²) < 4.78 is 125. The number of nitrogens with zero attached hydrogens (tertiary/aromatic N) is 2. The van der Waals surface area contributed by atoms with E-state index in [4.69, 9.17) is 4.84 Å². The summed E-state index contributed by atoms with van der Waals surface area (Å²) in [5, 5.41) is 3.86. The van der Waals surface area contributed by atoms with Crippen molar-refractivity contribution in [3.05, 3.63) is 28.8 Å². The molecule has 0 amide bonds. The summed E-state index contributed by atoms with van der Waals surface area (Å²) in [6.07, 6.45) is 1.68. The van der Waals surface area contributed by atoms with Gasteiger partial charge in [-0.15, -0.1) is 3.71 Å². The van der Waals surface area contributed by atoms with Crippen LogP contribution in [0.5, 0.6) is 0 Å². The van der Waals surface area contributed by atoms with Crippen LogP contribution in [0, 0.1) is 19.8 Å². The number of aryl methyl sites for hydroxylation is 2. The Labute approximate surface area is 173 Å². The molecular weight excluding hydrogens is 478 g/mol. The smallest absolute Gasteiger partial charge is 0.392 e. The molecule has 0 N–H and O–H groups in total. The second kappa shape index (κ2) is 7.25. The van der Waals surface area contributed by atoms with Crippen LogP contribution in [-0.4, -0.2) is 39.7 Å². The van der Waals surface area contributed by atoms with Crippen LogP contribution in [0.3, 0.4) is 0 Å². The van der Waals surface area contributed by atoms with Crippen LogP contribution in [0.15, 0.2) is 17.3 Å². The SMILES string of the molecule is Cc1cc(C)c(N(S(=O)(=O)C(F)(F)F)S(=O)(=O)C(F)(F)F)cc1C1=NOC2CCCC12. The van der Waals surface area contributed by atoms with Crippen molar-refractivity contribution in [1.82, 2.24) is 0 Å². The number of sulfonamides is 2. The van der Waals surface area contributed by atoms with E-state index in [-0.39, 0.29) is 23.3 Å². The molecule has 1 aromatic carbocycles. The van der Waals surface area contributed by atoms with E-state index in [1.54, 1.807) is 0 Å². The fraction of sp³-hybridized carbons (Fsp3) is 0.562. The van der Waals surface area contributed by atoms with Crippen molar-refractivity contribution in [2.45, 2.75) is 50.2 Å². The zero-order valence-electron chi connectivity index (χ0n) is 16.0. The topological polar surface area (TPSA) is 93.1 Å². The third kappa shape index (κ3) is 3.75. The van der Waals surface area contributed by atoms with Crippen molar-refractivity contribution >= 4 is 31.4 Å². The lowest BCUT2D eigenvalue weighted by Gasteiger charge is -2.27. The molecule has 0 radical (unpaired) electrons. The average Bonchev–Trinajstić information content (AvgIpc) is 3.18. The van der Waals surface area contributed by atoms with Crippen molar-refractivity contribution in [2.24, 2.45) is 11.1 Å². The quantitative estimate of drug-likeness (QED) is 0.595. The molecule has 1 saturated carbocycles. The molecule has 1 fully saturated rings. The molecule has 174 valence electrons. The van der Waals surface area contributed by atoms with Gasteiger partial charge in [0.1, 0.15) is 6.10 Å². The molecule has 1 aliphatic carbocycles. The highest BCUT2D eigenvalue weighted by atomic mass is 32.3. The number of rotatable bonds is 4. The van der Waals surface area contributed by atoms with Gasteiger partial charge in [0.25, 0.3) is 0 Å². The van der Waals surface area contributed by atoms with Crippen LogP contribution in [0.25, 0.3) is 0 Å². The van der Waals surface area contributed by atoms with Gasteiger partial charge in [-0.3, -0.25) is 0 Å². The minimum Gasteiger partial charge on any atom is -0.392 e. The number of anilines is 1. The molecule has 0 saturated heterocycles. The van der Waals surface area contributed by atoms with Crippen LogP contribution in [-0.2, 0) is 24.9 Å². The van der Waals surface area contributed by atoms with Crippen molar-refractivity contribution < 1.29 is 48.0 Å². The molecule has 3 rings (SSSR count). The highest BCUT2D eigenvalue weighted by Crippen LogP contribution is 2.42.